The highest BCUT2D eigenvalue weighted by Gasteiger charge is 2.17. The van der Waals surface area contributed by atoms with Crippen LogP contribution in [0, 0.1) is 0 Å². The van der Waals surface area contributed by atoms with E-state index in [1.165, 1.54) is 23.1 Å². The van der Waals surface area contributed by atoms with Crippen LogP contribution in [0.4, 0.5) is 5.13 Å². The molecule has 2 heterocycles. The number of hydrogen-bond acceptors (Lipinski definition) is 6. The van der Waals surface area contributed by atoms with Gasteiger partial charge in [0.25, 0.3) is 0 Å². The van der Waals surface area contributed by atoms with E-state index in [4.69, 9.17) is 11.6 Å². The Morgan fingerprint density at radius 3 is 2.75 bits per heavy atom. The first-order valence-electron chi connectivity index (χ1n) is 7.08. The van der Waals surface area contributed by atoms with Crippen molar-refractivity contribution in [1.82, 2.24) is 15.0 Å². The summed E-state index contributed by atoms with van der Waals surface area (Å²) in [6, 6.07) is 9.21. The zero-order chi connectivity index (χ0) is 16.9. The molecule has 122 valence electrons. The third kappa shape index (κ3) is 4.11. The van der Waals surface area contributed by atoms with E-state index in [9.17, 15) is 4.79 Å². The minimum atomic E-state index is -0.333. The van der Waals surface area contributed by atoms with E-state index in [0.29, 0.717) is 15.3 Å². The van der Waals surface area contributed by atoms with Crippen molar-refractivity contribution >= 4 is 45.7 Å². The molecule has 0 saturated heterocycles. The highest BCUT2D eigenvalue weighted by Crippen LogP contribution is 2.30. The van der Waals surface area contributed by atoms with Gasteiger partial charge in [0.15, 0.2) is 10.3 Å². The number of hydrogen-bond donors (Lipinski definition) is 1. The van der Waals surface area contributed by atoms with Gasteiger partial charge in [0, 0.05) is 28.4 Å². The average molecular weight is 377 g/mol. The van der Waals surface area contributed by atoms with Gasteiger partial charge in [-0.05, 0) is 19.1 Å². The van der Waals surface area contributed by atoms with Crippen molar-refractivity contribution in [3.8, 4) is 11.3 Å². The number of carbonyl (C=O) groups excluding carboxylic acids is 1. The van der Waals surface area contributed by atoms with Crippen molar-refractivity contribution in [2.75, 3.05) is 5.32 Å². The number of thiazole rings is 1. The van der Waals surface area contributed by atoms with Crippen molar-refractivity contribution in [3.63, 3.8) is 0 Å². The number of benzene rings is 1. The lowest BCUT2D eigenvalue weighted by Crippen LogP contribution is -2.22. The summed E-state index contributed by atoms with van der Waals surface area (Å²) in [7, 11) is 0. The van der Waals surface area contributed by atoms with E-state index in [2.05, 4.69) is 20.3 Å². The third-order valence-electron chi connectivity index (χ3n) is 3.08. The molecule has 0 saturated carbocycles. The molecular formula is C16H13ClN4OS2. The number of amides is 1. The molecule has 1 N–H and O–H groups in total. The predicted molar refractivity (Wildman–Crippen MR) is 98.5 cm³/mol. The molecule has 8 heteroatoms. The second-order valence-electron chi connectivity index (χ2n) is 4.80. The van der Waals surface area contributed by atoms with Gasteiger partial charge < -0.3 is 5.32 Å². The van der Waals surface area contributed by atoms with Crippen molar-refractivity contribution in [2.24, 2.45) is 0 Å². The Balaban J connectivity index is 1.66. The van der Waals surface area contributed by atoms with Crippen LogP contribution in [0.15, 0.2) is 53.3 Å². The number of carbonyl (C=O) groups is 1. The molecule has 1 aromatic carbocycles. The van der Waals surface area contributed by atoms with Crippen LogP contribution < -0.4 is 5.32 Å². The Bertz CT molecular complexity index is 841. The standard InChI is InChI=1S/C16H13ClN4OS2/c1-10(24-15-18-7-4-8-19-15)14(22)21-16-20-13(9-23-16)11-5-2-3-6-12(11)17/h2-10H,1H3,(H,20,21,22). The summed E-state index contributed by atoms with van der Waals surface area (Å²) in [5.41, 5.74) is 1.59. The third-order valence-corrected chi connectivity index (χ3v) is 5.15. The molecule has 0 spiro atoms. The van der Waals surface area contributed by atoms with Crippen LogP contribution in [0.3, 0.4) is 0 Å². The Labute approximate surface area is 152 Å². The summed E-state index contributed by atoms with van der Waals surface area (Å²) < 4.78 is 0. The normalized spacial score (nSPS) is 11.9. The smallest absolute Gasteiger partial charge is 0.239 e. The van der Waals surface area contributed by atoms with Gasteiger partial charge in [-0.1, -0.05) is 41.6 Å². The second-order valence-corrected chi connectivity index (χ2v) is 7.37. The molecule has 24 heavy (non-hydrogen) atoms. The SMILES string of the molecule is CC(Sc1ncccn1)C(=O)Nc1nc(-c2ccccc2Cl)cs1. The maximum atomic E-state index is 12.3. The van der Waals surface area contributed by atoms with Gasteiger partial charge in [-0.15, -0.1) is 11.3 Å². The molecule has 0 fully saturated rings. The lowest BCUT2D eigenvalue weighted by molar-refractivity contribution is -0.115. The van der Waals surface area contributed by atoms with Gasteiger partial charge in [-0.2, -0.15) is 0 Å². The first-order chi connectivity index (χ1) is 11.6. The fraction of sp³-hybridized carbons (Fsp3) is 0.125. The number of nitrogens with zero attached hydrogens (tertiary/aromatic N) is 3. The van der Waals surface area contributed by atoms with Crippen LogP contribution in [0.2, 0.25) is 5.02 Å². The molecule has 0 bridgehead atoms. The Kier molecular flexibility index (Phi) is 5.44. The molecule has 3 rings (SSSR count). The summed E-state index contributed by atoms with van der Waals surface area (Å²) >= 11 is 8.84. The number of anilines is 1. The molecule has 0 aliphatic rings. The summed E-state index contributed by atoms with van der Waals surface area (Å²) in [5.74, 6) is -0.146. The van der Waals surface area contributed by atoms with Crippen LogP contribution in [0.1, 0.15) is 6.92 Å². The number of thioether (sulfide) groups is 1. The number of halogens is 1. The van der Waals surface area contributed by atoms with E-state index in [1.54, 1.807) is 25.4 Å². The van der Waals surface area contributed by atoms with E-state index < -0.39 is 0 Å². The monoisotopic (exact) mass is 376 g/mol. The average Bonchev–Trinajstić information content (AvgIpc) is 3.04. The minimum Gasteiger partial charge on any atom is -0.301 e. The summed E-state index contributed by atoms with van der Waals surface area (Å²) in [5, 5.41) is 6.09. The highest BCUT2D eigenvalue weighted by molar-refractivity contribution is 8.00. The highest BCUT2D eigenvalue weighted by atomic mass is 35.5. The number of nitrogens with one attached hydrogen (secondary N) is 1. The minimum absolute atomic E-state index is 0.146. The molecule has 1 unspecified atom stereocenters. The van der Waals surface area contributed by atoms with Gasteiger partial charge >= 0.3 is 0 Å². The fourth-order valence-electron chi connectivity index (χ4n) is 1.89. The maximum absolute atomic E-state index is 12.3. The molecular weight excluding hydrogens is 364 g/mol. The molecule has 0 radical (unpaired) electrons. The summed E-state index contributed by atoms with van der Waals surface area (Å²) in [6.07, 6.45) is 3.30. The van der Waals surface area contributed by atoms with Crippen molar-refractivity contribution in [2.45, 2.75) is 17.3 Å². The Hall–Kier alpha value is -1.96. The lowest BCUT2D eigenvalue weighted by atomic mass is 10.2. The molecule has 3 aromatic rings. The number of rotatable bonds is 5. The van der Waals surface area contributed by atoms with E-state index in [-0.39, 0.29) is 11.2 Å². The zero-order valence-electron chi connectivity index (χ0n) is 12.6. The largest absolute Gasteiger partial charge is 0.301 e. The molecule has 2 aromatic heterocycles. The second kappa shape index (κ2) is 7.74. The fourth-order valence-corrected chi connectivity index (χ4v) is 3.56. The summed E-state index contributed by atoms with van der Waals surface area (Å²) in [4.78, 5) is 24.9. The van der Waals surface area contributed by atoms with Crippen molar-refractivity contribution < 1.29 is 4.79 Å². The van der Waals surface area contributed by atoms with Crippen LogP contribution in [-0.4, -0.2) is 26.1 Å². The van der Waals surface area contributed by atoms with E-state index in [1.807, 2.05) is 29.6 Å². The Morgan fingerprint density at radius 1 is 1.25 bits per heavy atom. The molecule has 0 aliphatic carbocycles. The van der Waals surface area contributed by atoms with Crippen LogP contribution in [-0.2, 0) is 4.79 Å². The molecule has 0 aliphatic heterocycles. The Morgan fingerprint density at radius 2 is 2.00 bits per heavy atom. The van der Waals surface area contributed by atoms with Crippen LogP contribution in [0.5, 0.6) is 0 Å². The van der Waals surface area contributed by atoms with Gasteiger partial charge in [0.1, 0.15) is 0 Å². The molecule has 1 amide bonds. The van der Waals surface area contributed by atoms with Crippen LogP contribution >= 0.6 is 34.7 Å². The lowest BCUT2D eigenvalue weighted by Gasteiger charge is -2.08. The molecule has 5 nitrogen and oxygen atoms in total. The van der Waals surface area contributed by atoms with Crippen molar-refractivity contribution in [1.29, 1.82) is 0 Å². The van der Waals surface area contributed by atoms with Crippen LogP contribution in [0.25, 0.3) is 11.3 Å². The van der Waals surface area contributed by atoms with Gasteiger partial charge in [0.05, 0.1) is 10.9 Å². The quantitative estimate of drug-likeness (QED) is 0.529. The van der Waals surface area contributed by atoms with E-state index >= 15 is 0 Å². The van der Waals surface area contributed by atoms with Gasteiger partial charge in [-0.25, -0.2) is 15.0 Å². The van der Waals surface area contributed by atoms with E-state index in [0.717, 1.165) is 11.3 Å². The van der Waals surface area contributed by atoms with Crippen molar-refractivity contribution in [3.05, 3.63) is 53.1 Å². The maximum Gasteiger partial charge on any atom is 0.239 e. The first kappa shape index (κ1) is 16.9. The number of aromatic nitrogens is 3. The zero-order valence-corrected chi connectivity index (χ0v) is 15.0. The topological polar surface area (TPSA) is 67.8 Å². The first-order valence-corrected chi connectivity index (χ1v) is 9.22. The van der Waals surface area contributed by atoms with Gasteiger partial charge in [-0.3, -0.25) is 4.79 Å². The van der Waals surface area contributed by atoms with Gasteiger partial charge in [0.2, 0.25) is 5.91 Å². The predicted octanol–water partition coefficient (Wildman–Crippen LogP) is 4.37. The summed E-state index contributed by atoms with van der Waals surface area (Å²) in [6.45, 7) is 1.80. The molecule has 1 atom stereocenters.